The van der Waals surface area contributed by atoms with Gasteiger partial charge in [-0.3, -0.25) is 4.79 Å². The van der Waals surface area contributed by atoms with Gasteiger partial charge in [-0.15, -0.1) is 0 Å². The van der Waals surface area contributed by atoms with Gasteiger partial charge < -0.3 is 14.6 Å². The van der Waals surface area contributed by atoms with Crippen LogP contribution < -0.4 is 4.74 Å². The number of para-hydroxylation sites is 1. The number of hydrogen-bond acceptors (Lipinski definition) is 3. The Hall–Kier alpha value is -1.55. The minimum absolute atomic E-state index is 0.0151. The molecule has 0 spiro atoms. The Labute approximate surface area is 156 Å². The number of hydrogen-bond donors (Lipinski definition) is 1. The summed E-state index contributed by atoms with van der Waals surface area (Å²) in [7, 11) is 0. The first kappa shape index (κ1) is 19.2. The fourth-order valence-corrected chi connectivity index (χ4v) is 4.51. The molecule has 0 unspecified atom stereocenters. The molecule has 2 aliphatic rings. The van der Waals surface area contributed by atoms with E-state index < -0.39 is 17.5 Å². The summed E-state index contributed by atoms with van der Waals surface area (Å²) in [5.74, 6) is -0.181. The van der Waals surface area contributed by atoms with Crippen LogP contribution in [0, 0.1) is 17.8 Å². The molecule has 1 aromatic rings. The van der Waals surface area contributed by atoms with Gasteiger partial charge in [0.2, 0.25) is 0 Å². The standard InChI is InChI=1S/C22H32O4/c1-12(2)17-14(20(23)24)11-16-18(25-17)13-9-8-10-15(21(3,4)5)19(13)26-22(16,6)7/h8-10,12,14,16-18H,11H2,1-7H3,(H,23,24)/t14-,16+,17+,18-/m0/s1. The summed E-state index contributed by atoms with van der Waals surface area (Å²) in [6.07, 6.45) is 0.169. The third kappa shape index (κ3) is 3.13. The minimum atomic E-state index is -0.771. The molecule has 4 heteroatoms. The molecule has 3 rings (SSSR count). The molecular formula is C22H32O4. The summed E-state index contributed by atoms with van der Waals surface area (Å²) in [5, 5.41) is 9.74. The first-order valence-electron chi connectivity index (χ1n) is 9.64. The highest BCUT2D eigenvalue weighted by molar-refractivity contribution is 5.71. The van der Waals surface area contributed by atoms with Crippen molar-refractivity contribution in [3.8, 4) is 5.75 Å². The van der Waals surface area contributed by atoms with E-state index >= 15 is 0 Å². The smallest absolute Gasteiger partial charge is 0.309 e. The highest BCUT2D eigenvalue weighted by Crippen LogP contribution is 2.54. The molecule has 0 saturated carbocycles. The van der Waals surface area contributed by atoms with Crippen LogP contribution in [0.15, 0.2) is 18.2 Å². The molecule has 0 amide bonds. The molecule has 144 valence electrons. The molecule has 2 aliphatic heterocycles. The molecule has 1 fully saturated rings. The molecule has 1 saturated heterocycles. The SMILES string of the molecule is CC(C)[C@H]1O[C@H]2c3cccc(C(C)(C)C)c3OC(C)(C)[C@@H]2C[C@@H]1C(=O)O. The Morgan fingerprint density at radius 1 is 1.27 bits per heavy atom. The Morgan fingerprint density at radius 3 is 2.46 bits per heavy atom. The van der Waals surface area contributed by atoms with Crippen molar-refractivity contribution < 1.29 is 19.4 Å². The van der Waals surface area contributed by atoms with Gasteiger partial charge in [0.1, 0.15) is 11.4 Å². The average Bonchev–Trinajstić information content (AvgIpc) is 2.51. The number of carboxylic acid groups (broad SMARTS) is 1. The molecular weight excluding hydrogens is 328 g/mol. The van der Waals surface area contributed by atoms with E-state index in [1.807, 2.05) is 13.8 Å². The van der Waals surface area contributed by atoms with E-state index in [9.17, 15) is 9.90 Å². The summed E-state index contributed by atoms with van der Waals surface area (Å²) in [5.41, 5.74) is 1.72. The van der Waals surface area contributed by atoms with Crippen LogP contribution in [0.5, 0.6) is 5.75 Å². The second-order valence-electron chi connectivity index (χ2n) is 9.73. The van der Waals surface area contributed by atoms with Gasteiger partial charge in [0.05, 0.1) is 18.1 Å². The van der Waals surface area contributed by atoms with Crippen molar-refractivity contribution in [3.63, 3.8) is 0 Å². The molecule has 2 heterocycles. The Bertz CT molecular complexity index is 699. The lowest BCUT2D eigenvalue weighted by Gasteiger charge is -2.51. The maximum atomic E-state index is 11.9. The van der Waals surface area contributed by atoms with E-state index in [1.54, 1.807) is 0 Å². The molecule has 0 bridgehead atoms. The fraction of sp³-hybridized carbons (Fsp3) is 0.682. The van der Waals surface area contributed by atoms with Gasteiger partial charge in [0.15, 0.2) is 0 Å². The molecule has 1 aromatic carbocycles. The van der Waals surface area contributed by atoms with Crippen molar-refractivity contribution in [2.45, 2.75) is 78.1 Å². The van der Waals surface area contributed by atoms with Gasteiger partial charge in [-0.2, -0.15) is 0 Å². The van der Waals surface area contributed by atoms with Crippen LogP contribution in [-0.2, 0) is 14.9 Å². The molecule has 4 atom stereocenters. The van der Waals surface area contributed by atoms with Gasteiger partial charge in [-0.25, -0.2) is 0 Å². The van der Waals surface area contributed by atoms with E-state index in [2.05, 4.69) is 52.8 Å². The number of fused-ring (bicyclic) bond motifs is 3. The van der Waals surface area contributed by atoms with Crippen LogP contribution in [0.25, 0.3) is 0 Å². The minimum Gasteiger partial charge on any atom is -0.487 e. The monoisotopic (exact) mass is 360 g/mol. The third-order valence-electron chi connectivity index (χ3n) is 5.97. The molecule has 0 aromatic heterocycles. The number of carbonyl (C=O) groups is 1. The van der Waals surface area contributed by atoms with Crippen molar-refractivity contribution in [3.05, 3.63) is 29.3 Å². The van der Waals surface area contributed by atoms with E-state index in [4.69, 9.17) is 9.47 Å². The quantitative estimate of drug-likeness (QED) is 0.810. The Morgan fingerprint density at radius 2 is 1.92 bits per heavy atom. The number of benzene rings is 1. The third-order valence-corrected chi connectivity index (χ3v) is 5.97. The summed E-state index contributed by atoms with van der Waals surface area (Å²) in [6.45, 7) is 14.8. The summed E-state index contributed by atoms with van der Waals surface area (Å²) < 4.78 is 13.0. The lowest BCUT2D eigenvalue weighted by Crippen LogP contribution is -2.53. The van der Waals surface area contributed by atoms with Crippen LogP contribution in [0.1, 0.15) is 72.1 Å². The first-order valence-corrected chi connectivity index (χ1v) is 9.64. The highest BCUT2D eigenvalue weighted by atomic mass is 16.5. The van der Waals surface area contributed by atoms with E-state index in [1.165, 1.54) is 5.56 Å². The van der Waals surface area contributed by atoms with Gasteiger partial charge in [-0.05, 0) is 37.2 Å². The molecule has 0 radical (unpaired) electrons. The predicted molar refractivity (Wildman–Crippen MR) is 102 cm³/mol. The lowest BCUT2D eigenvalue weighted by molar-refractivity contribution is -0.195. The van der Waals surface area contributed by atoms with Crippen molar-refractivity contribution in [1.29, 1.82) is 0 Å². The zero-order chi connectivity index (χ0) is 19.4. The number of aliphatic carboxylic acids is 1. The van der Waals surface area contributed by atoms with Crippen molar-refractivity contribution in [2.75, 3.05) is 0 Å². The number of rotatable bonds is 2. The van der Waals surface area contributed by atoms with Crippen LogP contribution in [-0.4, -0.2) is 22.8 Å². The van der Waals surface area contributed by atoms with Gasteiger partial charge >= 0.3 is 5.97 Å². The van der Waals surface area contributed by atoms with Crippen LogP contribution in [0.2, 0.25) is 0 Å². The van der Waals surface area contributed by atoms with Crippen LogP contribution in [0.4, 0.5) is 0 Å². The zero-order valence-electron chi connectivity index (χ0n) is 17.0. The number of carboxylic acids is 1. The second kappa shape index (κ2) is 6.26. The average molecular weight is 360 g/mol. The zero-order valence-corrected chi connectivity index (χ0v) is 17.0. The molecule has 1 N–H and O–H groups in total. The Balaban J connectivity index is 2.11. The van der Waals surface area contributed by atoms with Crippen LogP contribution >= 0.6 is 0 Å². The maximum absolute atomic E-state index is 11.9. The maximum Gasteiger partial charge on any atom is 0.309 e. The van der Waals surface area contributed by atoms with Crippen molar-refractivity contribution >= 4 is 5.97 Å². The van der Waals surface area contributed by atoms with Gasteiger partial charge in [0, 0.05) is 11.5 Å². The predicted octanol–water partition coefficient (Wildman–Crippen LogP) is 4.96. The summed E-state index contributed by atoms with van der Waals surface area (Å²) in [4.78, 5) is 11.9. The van der Waals surface area contributed by atoms with Gasteiger partial charge in [-0.1, -0.05) is 52.8 Å². The largest absolute Gasteiger partial charge is 0.487 e. The van der Waals surface area contributed by atoms with Crippen LogP contribution in [0.3, 0.4) is 0 Å². The van der Waals surface area contributed by atoms with Crippen molar-refractivity contribution in [1.82, 2.24) is 0 Å². The van der Waals surface area contributed by atoms with Gasteiger partial charge in [0.25, 0.3) is 0 Å². The lowest BCUT2D eigenvalue weighted by atomic mass is 9.69. The molecule has 0 aliphatic carbocycles. The topological polar surface area (TPSA) is 55.8 Å². The molecule has 26 heavy (non-hydrogen) atoms. The Kier molecular flexibility index (Phi) is 4.63. The fourth-order valence-electron chi connectivity index (χ4n) is 4.51. The van der Waals surface area contributed by atoms with E-state index in [-0.39, 0.29) is 29.5 Å². The first-order chi connectivity index (χ1) is 11.9. The second-order valence-corrected chi connectivity index (χ2v) is 9.73. The number of ether oxygens (including phenoxy) is 2. The van der Waals surface area contributed by atoms with Crippen molar-refractivity contribution in [2.24, 2.45) is 17.8 Å². The molecule has 4 nitrogen and oxygen atoms in total. The summed E-state index contributed by atoms with van der Waals surface area (Å²) in [6, 6.07) is 6.27. The summed E-state index contributed by atoms with van der Waals surface area (Å²) >= 11 is 0. The highest BCUT2D eigenvalue weighted by Gasteiger charge is 2.53. The normalized spacial score (nSPS) is 30.3. The van der Waals surface area contributed by atoms with E-state index in [0.29, 0.717) is 6.42 Å². The van der Waals surface area contributed by atoms with E-state index in [0.717, 1.165) is 11.3 Å².